The average Bonchev–Trinajstić information content (AvgIpc) is 3.43. The summed E-state index contributed by atoms with van der Waals surface area (Å²) in [6.45, 7) is 11.9. The van der Waals surface area contributed by atoms with Gasteiger partial charge in [0.05, 0.1) is 25.1 Å². The third kappa shape index (κ3) is 3.45. The number of cyclic esters (lactones) is 2. The van der Waals surface area contributed by atoms with Gasteiger partial charge >= 0.3 is 23.9 Å². The molecule has 11 atom stereocenters. The highest BCUT2D eigenvalue weighted by Crippen LogP contribution is 2.79. The molecule has 11 nitrogen and oxygen atoms in total. The van der Waals surface area contributed by atoms with Crippen molar-refractivity contribution in [3.8, 4) is 0 Å². The number of aliphatic hydroxyl groups excluding tert-OH is 1. The van der Waals surface area contributed by atoms with Crippen LogP contribution in [0.1, 0.15) is 79.4 Å². The molecule has 2 aliphatic carbocycles. The molecule has 224 valence electrons. The zero-order valence-corrected chi connectivity index (χ0v) is 24.4. The summed E-state index contributed by atoms with van der Waals surface area (Å²) < 4.78 is 35.6. The fraction of sp³-hybridized carbons (Fsp3) is 0.733. The second-order valence-electron chi connectivity index (χ2n) is 13.7. The standard InChI is InChI=1S/C30H38O11/c1-14(31)37-19-11-21(34)40-26(3,4)18-10-20(38-15(2)32)29(7)22(28(18,19)6)17(33)12-27(5)23(16-8-9-36-13-16)39-25(35)24-30(27,29)41-24/h8-9,13,17-20,22-24,33H,10-12H2,1-7H3. The van der Waals surface area contributed by atoms with E-state index in [9.17, 15) is 24.3 Å². The van der Waals surface area contributed by atoms with Crippen molar-refractivity contribution in [1.82, 2.24) is 0 Å². The lowest BCUT2D eigenvalue weighted by Gasteiger charge is -2.69. The third-order valence-electron chi connectivity index (χ3n) is 11.2. The molecule has 6 rings (SSSR count). The Morgan fingerprint density at radius 3 is 2.27 bits per heavy atom. The summed E-state index contributed by atoms with van der Waals surface area (Å²) in [6.07, 6.45) is -1.44. The van der Waals surface area contributed by atoms with Crippen LogP contribution in [0, 0.1) is 28.1 Å². The second-order valence-corrected chi connectivity index (χ2v) is 13.7. The fourth-order valence-electron chi connectivity index (χ4n) is 10.0. The summed E-state index contributed by atoms with van der Waals surface area (Å²) >= 11 is 0. The van der Waals surface area contributed by atoms with Crippen molar-refractivity contribution in [2.24, 2.45) is 28.1 Å². The number of hydrogen-bond donors (Lipinski definition) is 1. The molecule has 0 bridgehead atoms. The maximum atomic E-state index is 13.5. The van der Waals surface area contributed by atoms with Crippen molar-refractivity contribution in [2.75, 3.05) is 0 Å². The van der Waals surface area contributed by atoms with Gasteiger partial charge in [-0.05, 0) is 32.8 Å². The van der Waals surface area contributed by atoms with E-state index < -0.39 is 93.7 Å². The number of ether oxygens (including phenoxy) is 5. The van der Waals surface area contributed by atoms with E-state index in [1.54, 1.807) is 19.9 Å². The summed E-state index contributed by atoms with van der Waals surface area (Å²) in [5, 5.41) is 12.3. The highest BCUT2D eigenvalue weighted by molar-refractivity contribution is 5.82. The predicted octanol–water partition coefficient (Wildman–Crippen LogP) is 3.02. The van der Waals surface area contributed by atoms with Crippen LogP contribution < -0.4 is 0 Å². The van der Waals surface area contributed by atoms with Crippen molar-refractivity contribution in [1.29, 1.82) is 0 Å². The second kappa shape index (κ2) is 8.56. The lowest BCUT2D eigenvalue weighted by atomic mass is 9.36. The SMILES string of the molecule is CC(=O)OC1CC(=O)OC(C)(C)C2CC(OC(C)=O)C3(C)C(C(O)CC4(C)C(c5ccoc5)OC(=O)C5OC543)C12C. The van der Waals surface area contributed by atoms with Gasteiger partial charge in [0, 0.05) is 47.5 Å². The van der Waals surface area contributed by atoms with Gasteiger partial charge in [0.1, 0.15) is 29.5 Å². The number of esters is 4. The van der Waals surface area contributed by atoms with Crippen molar-refractivity contribution in [3.05, 3.63) is 24.2 Å². The van der Waals surface area contributed by atoms with Crippen molar-refractivity contribution >= 4 is 23.9 Å². The molecular weight excluding hydrogens is 536 g/mol. The fourth-order valence-corrected chi connectivity index (χ4v) is 10.0. The number of fused-ring (bicyclic) bond motifs is 3. The van der Waals surface area contributed by atoms with Crippen molar-refractivity contribution in [3.63, 3.8) is 0 Å². The normalized spacial score (nSPS) is 47.7. The number of hydrogen-bond acceptors (Lipinski definition) is 11. The Kier molecular flexibility index (Phi) is 5.89. The van der Waals surface area contributed by atoms with E-state index in [0.29, 0.717) is 5.56 Å². The van der Waals surface area contributed by atoms with Gasteiger partial charge in [-0.2, -0.15) is 0 Å². The van der Waals surface area contributed by atoms with Crippen LogP contribution in [0.3, 0.4) is 0 Å². The number of rotatable bonds is 3. The highest BCUT2D eigenvalue weighted by atomic mass is 16.7. The number of epoxide rings is 1. The summed E-state index contributed by atoms with van der Waals surface area (Å²) in [4.78, 5) is 51.6. The molecule has 3 aliphatic heterocycles. The van der Waals surface area contributed by atoms with E-state index in [1.807, 2.05) is 20.8 Å². The molecule has 2 saturated carbocycles. The van der Waals surface area contributed by atoms with E-state index in [2.05, 4.69) is 0 Å². The minimum atomic E-state index is -1.21. The van der Waals surface area contributed by atoms with Crippen molar-refractivity contribution in [2.45, 2.75) is 109 Å². The van der Waals surface area contributed by atoms with Gasteiger partial charge in [-0.1, -0.05) is 20.8 Å². The van der Waals surface area contributed by atoms with E-state index in [1.165, 1.54) is 26.4 Å². The first-order valence-electron chi connectivity index (χ1n) is 14.2. The molecule has 0 aromatic carbocycles. The predicted molar refractivity (Wildman–Crippen MR) is 138 cm³/mol. The largest absolute Gasteiger partial charge is 0.472 e. The Labute approximate surface area is 238 Å². The van der Waals surface area contributed by atoms with Crippen LogP contribution in [-0.4, -0.2) is 64.6 Å². The molecule has 0 radical (unpaired) electrons. The first-order chi connectivity index (χ1) is 19.0. The molecule has 1 N–H and O–H groups in total. The Morgan fingerprint density at radius 1 is 1.00 bits per heavy atom. The van der Waals surface area contributed by atoms with Crippen LogP contribution >= 0.6 is 0 Å². The minimum Gasteiger partial charge on any atom is -0.472 e. The van der Waals surface area contributed by atoms with E-state index in [0.717, 1.165) is 0 Å². The van der Waals surface area contributed by atoms with Crippen LogP contribution in [0.2, 0.25) is 0 Å². The molecule has 5 fully saturated rings. The molecule has 1 spiro atoms. The summed E-state index contributed by atoms with van der Waals surface area (Å²) in [5.74, 6) is -3.42. The van der Waals surface area contributed by atoms with Crippen LogP contribution in [0.5, 0.6) is 0 Å². The number of carbonyl (C=O) groups excluding carboxylic acids is 4. The molecule has 1 aromatic rings. The number of furan rings is 1. The average molecular weight is 575 g/mol. The zero-order valence-electron chi connectivity index (χ0n) is 24.4. The van der Waals surface area contributed by atoms with Gasteiger partial charge in [0.15, 0.2) is 6.10 Å². The first kappa shape index (κ1) is 28.2. The molecule has 11 unspecified atom stereocenters. The van der Waals surface area contributed by atoms with Crippen LogP contribution in [-0.2, 0) is 42.9 Å². The molecule has 41 heavy (non-hydrogen) atoms. The van der Waals surface area contributed by atoms with Crippen molar-refractivity contribution < 1.29 is 52.4 Å². The smallest absolute Gasteiger partial charge is 0.339 e. The summed E-state index contributed by atoms with van der Waals surface area (Å²) in [6, 6.07) is 1.72. The molecule has 5 aliphatic rings. The van der Waals surface area contributed by atoms with E-state index >= 15 is 0 Å². The quantitative estimate of drug-likeness (QED) is 0.322. The maximum absolute atomic E-state index is 13.5. The van der Waals surface area contributed by atoms with E-state index in [-0.39, 0.29) is 19.3 Å². The number of carbonyl (C=O) groups is 4. The van der Waals surface area contributed by atoms with Gasteiger partial charge in [0.25, 0.3) is 0 Å². The van der Waals surface area contributed by atoms with Gasteiger partial charge in [-0.3, -0.25) is 14.4 Å². The lowest BCUT2D eigenvalue weighted by Crippen LogP contribution is -2.77. The van der Waals surface area contributed by atoms with E-state index in [4.69, 9.17) is 28.1 Å². The zero-order chi connectivity index (χ0) is 29.9. The molecule has 0 amide bonds. The van der Waals surface area contributed by atoms with Gasteiger partial charge in [-0.25, -0.2) is 4.79 Å². The monoisotopic (exact) mass is 574 g/mol. The third-order valence-corrected chi connectivity index (χ3v) is 11.2. The topological polar surface area (TPSA) is 151 Å². The van der Waals surface area contributed by atoms with Gasteiger partial charge in [0.2, 0.25) is 0 Å². The Morgan fingerprint density at radius 2 is 1.66 bits per heavy atom. The summed E-state index contributed by atoms with van der Waals surface area (Å²) in [7, 11) is 0. The minimum absolute atomic E-state index is 0.157. The van der Waals surface area contributed by atoms with Gasteiger partial charge in [-0.15, -0.1) is 0 Å². The van der Waals surface area contributed by atoms with Crippen LogP contribution in [0.25, 0.3) is 0 Å². The summed E-state index contributed by atoms with van der Waals surface area (Å²) in [5.41, 5.74) is -4.83. The Hall–Kier alpha value is -2.92. The highest BCUT2D eigenvalue weighted by Gasteiger charge is 2.90. The maximum Gasteiger partial charge on any atom is 0.339 e. The lowest BCUT2D eigenvalue weighted by molar-refractivity contribution is -0.301. The van der Waals surface area contributed by atoms with Crippen LogP contribution in [0.15, 0.2) is 23.0 Å². The van der Waals surface area contributed by atoms with Crippen LogP contribution in [0.4, 0.5) is 0 Å². The first-order valence-corrected chi connectivity index (χ1v) is 14.2. The Bertz CT molecular complexity index is 1300. The molecule has 3 saturated heterocycles. The molecule has 11 heteroatoms. The van der Waals surface area contributed by atoms with Gasteiger partial charge < -0.3 is 33.2 Å². The molecular formula is C30H38O11. The molecule has 4 heterocycles. The Balaban J connectivity index is 1.60. The number of aliphatic hydroxyl groups is 1. The molecule has 1 aromatic heterocycles.